The Morgan fingerprint density at radius 1 is 1.67 bits per heavy atom. The van der Waals surface area contributed by atoms with Crippen LogP contribution in [0.15, 0.2) is 18.3 Å². The van der Waals surface area contributed by atoms with E-state index >= 15 is 0 Å². The van der Waals surface area contributed by atoms with Crippen LogP contribution in [0.2, 0.25) is 5.02 Å². The van der Waals surface area contributed by atoms with E-state index in [1.165, 1.54) is 0 Å². The van der Waals surface area contributed by atoms with Crippen molar-refractivity contribution in [3.63, 3.8) is 0 Å². The molecule has 2 N–H and O–H groups in total. The van der Waals surface area contributed by atoms with Crippen LogP contribution in [-0.2, 0) is 11.2 Å². The number of rotatable bonds is 3. The number of amides is 1. The number of hydrogen-bond acceptors (Lipinski definition) is 2. The molecule has 0 fully saturated rings. The molecule has 1 aromatic heterocycles. The van der Waals surface area contributed by atoms with E-state index < -0.39 is 0 Å². The zero-order valence-corrected chi connectivity index (χ0v) is 7.21. The molecule has 0 saturated carbocycles. The molecular weight excluding hydrogens is 176 g/mol. The monoisotopic (exact) mass is 184 g/mol. The largest absolute Gasteiger partial charge is 0.370 e. The molecule has 0 aliphatic rings. The summed E-state index contributed by atoms with van der Waals surface area (Å²) in [5.41, 5.74) is 5.77. The summed E-state index contributed by atoms with van der Waals surface area (Å²) in [4.78, 5) is 14.4. The van der Waals surface area contributed by atoms with Gasteiger partial charge in [0.2, 0.25) is 5.91 Å². The van der Waals surface area contributed by atoms with Gasteiger partial charge in [-0.05, 0) is 18.6 Å². The Hall–Kier alpha value is -1.09. The quantitative estimate of drug-likeness (QED) is 0.766. The van der Waals surface area contributed by atoms with Gasteiger partial charge in [-0.15, -0.1) is 0 Å². The van der Waals surface area contributed by atoms with Gasteiger partial charge in [-0.3, -0.25) is 9.78 Å². The van der Waals surface area contributed by atoms with E-state index in [1.807, 2.05) is 0 Å². The SMILES string of the molecule is NC(=O)CCc1cc(Cl)ccn1. The van der Waals surface area contributed by atoms with Crippen molar-refractivity contribution in [3.8, 4) is 0 Å². The Morgan fingerprint density at radius 3 is 3.00 bits per heavy atom. The minimum Gasteiger partial charge on any atom is -0.370 e. The summed E-state index contributed by atoms with van der Waals surface area (Å²) in [7, 11) is 0. The maximum absolute atomic E-state index is 10.4. The number of carbonyl (C=O) groups is 1. The minimum atomic E-state index is -0.322. The highest BCUT2D eigenvalue weighted by molar-refractivity contribution is 6.30. The Morgan fingerprint density at radius 2 is 2.42 bits per heavy atom. The number of pyridine rings is 1. The number of nitrogens with zero attached hydrogens (tertiary/aromatic N) is 1. The topological polar surface area (TPSA) is 56.0 Å². The molecule has 1 amide bonds. The first-order valence-corrected chi connectivity index (χ1v) is 3.95. The standard InChI is InChI=1S/C8H9ClN2O/c9-6-3-4-11-7(5-6)1-2-8(10)12/h3-5H,1-2H2,(H2,10,12). The molecule has 0 atom stereocenters. The second-order valence-corrected chi connectivity index (χ2v) is 2.87. The first-order valence-electron chi connectivity index (χ1n) is 3.57. The maximum atomic E-state index is 10.4. The van der Waals surface area contributed by atoms with Crippen molar-refractivity contribution in [2.45, 2.75) is 12.8 Å². The molecule has 12 heavy (non-hydrogen) atoms. The fourth-order valence-corrected chi connectivity index (χ4v) is 1.02. The number of aromatic nitrogens is 1. The summed E-state index contributed by atoms with van der Waals surface area (Å²) in [6, 6.07) is 3.42. The third-order valence-corrected chi connectivity index (χ3v) is 1.64. The van der Waals surface area contributed by atoms with Gasteiger partial charge in [0.15, 0.2) is 0 Å². The predicted molar refractivity (Wildman–Crippen MR) is 46.8 cm³/mol. The summed E-state index contributed by atoms with van der Waals surface area (Å²) in [5.74, 6) is -0.322. The summed E-state index contributed by atoms with van der Waals surface area (Å²) in [6.45, 7) is 0. The van der Waals surface area contributed by atoms with E-state index in [-0.39, 0.29) is 5.91 Å². The van der Waals surface area contributed by atoms with E-state index in [2.05, 4.69) is 4.98 Å². The summed E-state index contributed by atoms with van der Waals surface area (Å²) >= 11 is 5.70. The highest BCUT2D eigenvalue weighted by Gasteiger charge is 1.98. The molecular formula is C8H9ClN2O. The number of carbonyl (C=O) groups excluding carboxylic acids is 1. The second kappa shape index (κ2) is 4.07. The van der Waals surface area contributed by atoms with Gasteiger partial charge < -0.3 is 5.73 Å². The molecule has 4 heteroatoms. The number of nitrogens with two attached hydrogens (primary N) is 1. The van der Waals surface area contributed by atoms with Gasteiger partial charge >= 0.3 is 0 Å². The van der Waals surface area contributed by atoms with Crippen molar-refractivity contribution in [1.82, 2.24) is 4.98 Å². The highest BCUT2D eigenvalue weighted by atomic mass is 35.5. The highest BCUT2D eigenvalue weighted by Crippen LogP contribution is 2.08. The molecule has 0 unspecified atom stereocenters. The third-order valence-electron chi connectivity index (χ3n) is 1.41. The van der Waals surface area contributed by atoms with E-state index in [0.29, 0.717) is 17.9 Å². The number of hydrogen-bond donors (Lipinski definition) is 1. The Balaban J connectivity index is 2.57. The van der Waals surface area contributed by atoms with Crippen LogP contribution >= 0.6 is 11.6 Å². The predicted octanol–water partition coefficient (Wildman–Crippen LogP) is 1.15. The summed E-state index contributed by atoms with van der Waals surface area (Å²) in [6.07, 6.45) is 2.47. The molecule has 64 valence electrons. The second-order valence-electron chi connectivity index (χ2n) is 2.43. The molecule has 0 radical (unpaired) electrons. The average molecular weight is 185 g/mol. The molecule has 0 aliphatic heterocycles. The van der Waals surface area contributed by atoms with Gasteiger partial charge in [0.1, 0.15) is 0 Å². The van der Waals surface area contributed by atoms with Crippen molar-refractivity contribution in [1.29, 1.82) is 0 Å². The molecule has 0 bridgehead atoms. The summed E-state index contributed by atoms with van der Waals surface area (Å²) < 4.78 is 0. The number of primary amides is 1. The molecule has 3 nitrogen and oxygen atoms in total. The van der Waals surface area contributed by atoms with Gasteiger partial charge in [-0.2, -0.15) is 0 Å². The van der Waals surface area contributed by atoms with Gasteiger partial charge in [-0.25, -0.2) is 0 Å². The van der Waals surface area contributed by atoms with Crippen LogP contribution in [0, 0.1) is 0 Å². The molecule has 0 aromatic carbocycles. The first kappa shape index (κ1) is 9.00. The van der Waals surface area contributed by atoms with E-state index in [4.69, 9.17) is 17.3 Å². The molecule has 0 saturated heterocycles. The van der Waals surface area contributed by atoms with Crippen molar-refractivity contribution in [2.24, 2.45) is 5.73 Å². The van der Waals surface area contributed by atoms with E-state index in [0.717, 1.165) is 5.69 Å². The summed E-state index contributed by atoms with van der Waals surface area (Å²) in [5, 5.41) is 0.629. The maximum Gasteiger partial charge on any atom is 0.217 e. The average Bonchev–Trinajstić information content (AvgIpc) is 2.01. The molecule has 1 aromatic rings. The Kier molecular flexibility index (Phi) is 3.05. The lowest BCUT2D eigenvalue weighted by molar-refractivity contribution is -0.118. The van der Waals surface area contributed by atoms with Crippen molar-refractivity contribution in [2.75, 3.05) is 0 Å². The fraction of sp³-hybridized carbons (Fsp3) is 0.250. The van der Waals surface area contributed by atoms with Crippen LogP contribution in [-0.4, -0.2) is 10.9 Å². The molecule has 0 aliphatic carbocycles. The Labute approximate surface area is 75.6 Å². The van der Waals surface area contributed by atoms with Crippen LogP contribution in [0.1, 0.15) is 12.1 Å². The Bertz CT molecular complexity index is 288. The minimum absolute atomic E-state index is 0.313. The van der Waals surface area contributed by atoms with Crippen molar-refractivity contribution in [3.05, 3.63) is 29.0 Å². The van der Waals surface area contributed by atoms with Crippen LogP contribution in [0.3, 0.4) is 0 Å². The van der Waals surface area contributed by atoms with Crippen molar-refractivity contribution >= 4 is 17.5 Å². The van der Waals surface area contributed by atoms with Gasteiger partial charge in [0.05, 0.1) is 0 Å². The normalized spacial score (nSPS) is 9.75. The van der Waals surface area contributed by atoms with Gasteiger partial charge in [-0.1, -0.05) is 11.6 Å². The molecule has 0 spiro atoms. The lowest BCUT2D eigenvalue weighted by Crippen LogP contribution is -2.11. The lowest BCUT2D eigenvalue weighted by atomic mass is 10.2. The van der Waals surface area contributed by atoms with Gasteiger partial charge in [0, 0.05) is 23.3 Å². The van der Waals surface area contributed by atoms with E-state index in [1.54, 1.807) is 18.3 Å². The lowest BCUT2D eigenvalue weighted by Gasteiger charge is -1.97. The zero-order chi connectivity index (χ0) is 8.97. The third kappa shape index (κ3) is 2.88. The van der Waals surface area contributed by atoms with Crippen LogP contribution in [0.5, 0.6) is 0 Å². The van der Waals surface area contributed by atoms with Crippen molar-refractivity contribution < 1.29 is 4.79 Å². The van der Waals surface area contributed by atoms with Crippen LogP contribution < -0.4 is 5.73 Å². The van der Waals surface area contributed by atoms with E-state index in [9.17, 15) is 4.79 Å². The van der Waals surface area contributed by atoms with Gasteiger partial charge in [0.25, 0.3) is 0 Å². The fourth-order valence-electron chi connectivity index (χ4n) is 0.837. The van der Waals surface area contributed by atoms with Crippen LogP contribution in [0.4, 0.5) is 0 Å². The zero-order valence-electron chi connectivity index (χ0n) is 6.46. The molecule has 1 rings (SSSR count). The van der Waals surface area contributed by atoms with Crippen LogP contribution in [0.25, 0.3) is 0 Å². The first-order chi connectivity index (χ1) is 5.68. The smallest absolute Gasteiger partial charge is 0.217 e. The number of halogens is 1. The molecule has 1 heterocycles. The number of aryl methyl sites for hydroxylation is 1.